The van der Waals surface area contributed by atoms with Crippen molar-refractivity contribution in [2.75, 3.05) is 32.8 Å². The van der Waals surface area contributed by atoms with E-state index in [0.717, 1.165) is 57.9 Å². The Labute approximate surface area is 127 Å². The molecule has 0 amide bonds. The molecule has 0 bridgehead atoms. The normalized spacial score (nSPS) is 18.0. The van der Waals surface area contributed by atoms with Gasteiger partial charge in [0, 0.05) is 38.5 Å². The van der Waals surface area contributed by atoms with Gasteiger partial charge in [-0.05, 0) is 26.2 Å². The summed E-state index contributed by atoms with van der Waals surface area (Å²) >= 11 is 0. The summed E-state index contributed by atoms with van der Waals surface area (Å²) in [6, 6.07) is 1.82. The smallest absolute Gasteiger partial charge is 0.216 e. The van der Waals surface area contributed by atoms with Crippen molar-refractivity contribution >= 4 is 0 Å². The number of allylic oxidation sites excluding steroid dienone is 1. The predicted molar refractivity (Wildman–Crippen MR) is 82.5 cm³/mol. The molecular weight excluding hydrogens is 266 g/mol. The van der Waals surface area contributed by atoms with Crippen LogP contribution in [0.1, 0.15) is 25.1 Å². The number of rotatable bonds is 7. The maximum atomic E-state index is 6.06. The van der Waals surface area contributed by atoms with Gasteiger partial charge in [-0.15, -0.1) is 6.58 Å². The Kier molecular flexibility index (Phi) is 6.63. The summed E-state index contributed by atoms with van der Waals surface area (Å²) in [5.41, 5.74) is 0. The standard InChI is InChI=1S/C16H25N3O2/c1-3-4-6-15(13-19-9-5-11-20-12-10-19)21-16-7-8-17-14(2)18-16/h3,7-8,15H,1,4-6,9-13H2,2H3/t15-/m0/s1. The molecule has 1 fully saturated rings. The van der Waals surface area contributed by atoms with E-state index in [1.807, 2.05) is 19.1 Å². The second-order valence-electron chi connectivity index (χ2n) is 5.31. The van der Waals surface area contributed by atoms with E-state index in [1.165, 1.54) is 0 Å². The van der Waals surface area contributed by atoms with Crippen LogP contribution >= 0.6 is 0 Å². The topological polar surface area (TPSA) is 47.5 Å². The van der Waals surface area contributed by atoms with Crippen molar-refractivity contribution in [2.24, 2.45) is 0 Å². The monoisotopic (exact) mass is 291 g/mol. The van der Waals surface area contributed by atoms with Gasteiger partial charge in [0.2, 0.25) is 5.88 Å². The number of ether oxygens (including phenoxy) is 2. The van der Waals surface area contributed by atoms with E-state index < -0.39 is 0 Å². The quantitative estimate of drug-likeness (QED) is 0.721. The van der Waals surface area contributed by atoms with Crippen LogP contribution in [0.15, 0.2) is 24.9 Å². The van der Waals surface area contributed by atoms with Crippen LogP contribution in [0.5, 0.6) is 5.88 Å². The van der Waals surface area contributed by atoms with E-state index in [0.29, 0.717) is 5.88 Å². The first-order chi connectivity index (χ1) is 10.3. The van der Waals surface area contributed by atoms with Crippen LogP contribution in [0, 0.1) is 6.92 Å². The second-order valence-corrected chi connectivity index (χ2v) is 5.31. The van der Waals surface area contributed by atoms with E-state index >= 15 is 0 Å². The summed E-state index contributed by atoms with van der Waals surface area (Å²) in [6.07, 6.45) is 6.77. The van der Waals surface area contributed by atoms with Gasteiger partial charge >= 0.3 is 0 Å². The molecule has 2 rings (SSSR count). The molecule has 21 heavy (non-hydrogen) atoms. The third-order valence-corrected chi connectivity index (χ3v) is 3.51. The Morgan fingerprint density at radius 1 is 1.48 bits per heavy atom. The van der Waals surface area contributed by atoms with Gasteiger partial charge < -0.3 is 9.47 Å². The molecule has 116 valence electrons. The second kappa shape index (κ2) is 8.74. The van der Waals surface area contributed by atoms with E-state index in [2.05, 4.69) is 21.4 Å². The number of nitrogens with zero attached hydrogens (tertiary/aromatic N) is 3. The average molecular weight is 291 g/mol. The van der Waals surface area contributed by atoms with E-state index in [4.69, 9.17) is 9.47 Å². The molecule has 0 spiro atoms. The highest BCUT2D eigenvalue weighted by Crippen LogP contribution is 2.13. The summed E-state index contributed by atoms with van der Waals surface area (Å²) in [6.45, 7) is 10.3. The van der Waals surface area contributed by atoms with Crippen molar-refractivity contribution in [1.29, 1.82) is 0 Å². The number of hydrogen-bond donors (Lipinski definition) is 0. The summed E-state index contributed by atoms with van der Waals surface area (Å²) in [5.74, 6) is 1.39. The fourth-order valence-electron chi connectivity index (χ4n) is 2.43. The zero-order valence-corrected chi connectivity index (χ0v) is 12.8. The molecule has 5 nitrogen and oxygen atoms in total. The summed E-state index contributed by atoms with van der Waals surface area (Å²) < 4.78 is 11.6. The molecule has 0 radical (unpaired) electrons. The first-order valence-electron chi connectivity index (χ1n) is 7.65. The van der Waals surface area contributed by atoms with Crippen molar-refractivity contribution in [3.05, 3.63) is 30.7 Å². The van der Waals surface area contributed by atoms with E-state index in [1.54, 1.807) is 6.20 Å². The van der Waals surface area contributed by atoms with E-state index in [-0.39, 0.29) is 6.10 Å². The first kappa shape index (κ1) is 15.9. The van der Waals surface area contributed by atoms with Gasteiger partial charge in [0.25, 0.3) is 0 Å². The van der Waals surface area contributed by atoms with Crippen LogP contribution in [0.4, 0.5) is 0 Å². The van der Waals surface area contributed by atoms with Crippen molar-refractivity contribution in [2.45, 2.75) is 32.3 Å². The lowest BCUT2D eigenvalue weighted by Crippen LogP contribution is -2.37. The van der Waals surface area contributed by atoms with Crippen LogP contribution in [0.2, 0.25) is 0 Å². The summed E-state index contributed by atoms with van der Waals surface area (Å²) in [7, 11) is 0. The zero-order valence-electron chi connectivity index (χ0n) is 12.8. The van der Waals surface area contributed by atoms with Gasteiger partial charge in [-0.3, -0.25) is 4.90 Å². The number of hydrogen-bond acceptors (Lipinski definition) is 5. The van der Waals surface area contributed by atoms with Gasteiger partial charge in [0.1, 0.15) is 11.9 Å². The molecule has 1 aromatic rings. The van der Waals surface area contributed by atoms with Gasteiger partial charge in [0.15, 0.2) is 0 Å². The van der Waals surface area contributed by atoms with Crippen LogP contribution in [0.3, 0.4) is 0 Å². The van der Waals surface area contributed by atoms with E-state index in [9.17, 15) is 0 Å². The van der Waals surface area contributed by atoms with Crippen molar-refractivity contribution in [1.82, 2.24) is 14.9 Å². The van der Waals surface area contributed by atoms with Crippen molar-refractivity contribution in [3.8, 4) is 5.88 Å². The Bertz CT molecular complexity index is 431. The minimum atomic E-state index is 0.121. The summed E-state index contributed by atoms with van der Waals surface area (Å²) in [5, 5.41) is 0. The lowest BCUT2D eigenvalue weighted by Gasteiger charge is -2.26. The zero-order chi connectivity index (χ0) is 14.9. The Hall–Kier alpha value is -1.46. The van der Waals surface area contributed by atoms with Crippen LogP contribution in [0.25, 0.3) is 0 Å². The highest BCUT2D eigenvalue weighted by Gasteiger charge is 2.17. The molecule has 0 aliphatic carbocycles. The first-order valence-corrected chi connectivity index (χ1v) is 7.65. The molecule has 1 saturated heterocycles. The number of aromatic nitrogens is 2. The SMILES string of the molecule is C=CCC[C@@H](CN1CCCOCC1)Oc1ccnc(C)n1. The average Bonchev–Trinajstić information content (AvgIpc) is 2.73. The lowest BCUT2D eigenvalue weighted by atomic mass is 10.2. The molecule has 1 aromatic heterocycles. The van der Waals surface area contributed by atoms with Gasteiger partial charge in [-0.25, -0.2) is 4.98 Å². The van der Waals surface area contributed by atoms with Crippen LogP contribution < -0.4 is 4.74 Å². The molecule has 0 aromatic carbocycles. The Morgan fingerprint density at radius 2 is 2.38 bits per heavy atom. The molecule has 0 N–H and O–H groups in total. The number of aryl methyl sites for hydroxylation is 1. The third kappa shape index (κ3) is 5.81. The fourth-order valence-corrected chi connectivity index (χ4v) is 2.43. The molecule has 5 heteroatoms. The van der Waals surface area contributed by atoms with Crippen LogP contribution in [-0.4, -0.2) is 53.8 Å². The maximum Gasteiger partial charge on any atom is 0.216 e. The molecule has 1 aliphatic heterocycles. The van der Waals surface area contributed by atoms with Crippen molar-refractivity contribution < 1.29 is 9.47 Å². The minimum Gasteiger partial charge on any atom is -0.473 e. The van der Waals surface area contributed by atoms with Gasteiger partial charge in [-0.2, -0.15) is 4.98 Å². The third-order valence-electron chi connectivity index (χ3n) is 3.51. The molecule has 2 heterocycles. The fraction of sp³-hybridized carbons (Fsp3) is 0.625. The predicted octanol–water partition coefficient (Wildman–Crippen LogP) is 2.22. The molecule has 1 atom stereocenters. The minimum absolute atomic E-state index is 0.121. The van der Waals surface area contributed by atoms with Gasteiger partial charge in [0.05, 0.1) is 6.61 Å². The highest BCUT2D eigenvalue weighted by atomic mass is 16.5. The Balaban J connectivity index is 1.94. The lowest BCUT2D eigenvalue weighted by molar-refractivity contribution is 0.109. The Morgan fingerprint density at radius 3 is 3.19 bits per heavy atom. The molecule has 0 unspecified atom stereocenters. The van der Waals surface area contributed by atoms with Gasteiger partial charge in [-0.1, -0.05) is 6.08 Å². The summed E-state index contributed by atoms with van der Waals surface area (Å²) in [4.78, 5) is 10.8. The van der Waals surface area contributed by atoms with Crippen LogP contribution in [-0.2, 0) is 4.74 Å². The highest BCUT2D eigenvalue weighted by molar-refractivity contribution is 5.08. The maximum absolute atomic E-state index is 6.06. The van der Waals surface area contributed by atoms with Crippen molar-refractivity contribution in [3.63, 3.8) is 0 Å². The largest absolute Gasteiger partial charge is 0.473 e. The molecule has 0 saturated carbocycles. The molecular formula is C16H25N3O2. The molecule has 1 aliphatic rings.